The number of hydrogen-bond donors (Lipinski definition) is 1. The molecule has 0 aliphatic carbocycles. The van der Waals surface area contributed by atoms with E-state index >= 15 is 0 Å². The number of hydrogen-bond acceptors (Lipinski definition) is 5. The predicted molar refractivity (Wildman–Crippen MR) is 122 cm³/mol. The van der Waals surface area contributed by atoms with Gasteiger partial charge >= 0.3 is 6.03 Å². The molecule has 1 fully saturated rings. The molecule has 178 valence electrons. The third-order valence-electron chi connectivity index (χ3n) is 6.33. The number of aromatic nitrogens is 2. The fourth-order valence-corrected chi connectivity index (χ4v) is 4.29. The van der Waals surface area contributed by atoms with Crippen LogP contribution in [0.15, 0.2) is 24.3 Å². The molecule has 2 aliphatic heterocycles. The summed E-state index contributed by atoms with van der Waals surface area (Å²) in [6.07, 6.45) is 0.531. The van der Waals surface area contributed by atoms with Gasteiger partial charge in [-0.3, -0.25) is 4.79 Å². The number of carbonyl (C=O) groups is 2. The van der Waals surface area contributed by atoms with Crippen molar-refractivity contribution in [1.29, 1.82) is 0 Å². The molecule has 1 saturated heterocycles. The number of piperazine rings is 1. The van der Waals surface area contributed by atoms with Crippen molar-refractivity contribution in [2.75, 3.05) is 39.8 Å². The van der Waals surface area contributed by atoms with Crippen molar-refractivity contribution in [1.82, 2.24) is 24.9 Å². The van der Waals surface area contributed by atoms with E-state index < -0.39 is 17.5 Å². The summed E-state index contributed by atoms with van der Waals surface area (Å²) >= 11 is 0. The molecule has 0 unspecified atom stereocenters. The minimum Gasteiger partial charge on any atom is -0.376 e. The average molecular weight is 458 g/mol. The van der Waals surface area contributed by atoms with Crippen LogP contribution in [0.5, 0.6) is 0 Å². The van der Waals surface area contributed by atoms with E-state index in [-0.39, 0.29) is 11.7 Å². The molecular weight excluding hydrogens is 425 g/mol. The molecule has 2 amide bonds. The van der Waals surface area contributed by atoms with Crippen LogP contribution in [-0.4, -0.2) is 77.4 Å². The molecule has 1 aromatic heterocycles. The first-order valence-corrected chi connectivity index (χ1v) is 11.4. The van der Waals surface area contributed by atoms with Crippen LogP contribution in [0.4, 0.5) is 9.18 Å². The Morgan fingerprint density at radius 3 is 2.42 bits per heavy atom. The second-order valence-electron chi connectivity index (χ2n) is 9.87. The first-order valence-electron chi connectivity index (χ1n) is 11.4. The van der Waals surface area contributed by atoms with Gasteiger partial charge in [-0.1, -0.05) is 20.8 Å². The normalized spacial score (nSPS) is 18.0. The maximum Gasteiger partial charge on any atom is 0.343 e. The number of rotatable bonds is 3. The van der Waals surface area contributed by atoms with E-state index in [1.54, 1.807) is 12.1 Å². The van der Waals surface area contributed by atoms with Crippen molar-refractivity contribution in [2.24, 2.45) is 5.41 Å². The molecule has 0 saturated carbocycles. The van der Waals surface area contributed by atoms with Crippen LogP contribution in [0, 0.1) is 11.2 Å². The Morgan fingerprint density at radius 2 is 1.79 bits per heavy atom. The lowest BCUT2D eigenvalue weighted by Gasteiger charge is -2.38. The van der Waals surface area contributed by atoms with Crippen molar-refractivity contribution >= 4 is 11.9 Å². The summed E-state index contributed by atoms with van der Waals surface area (Å²) < 4.78 is 20.4. The monoisotopic (exact) mass is 457 g/mol. The van der Waals surface area contributed by atoms with Gasteiger partial charge in [-0.25, -0.2) is 9.18 Å². The Labute approximate surface area is 193 Å². The molecule has 33 heavy (non-hydrogen) atoms. The number of benzene rings is 1. The Hall–Kier alpha value is -2.78. The number of likely N-dealkylation sites (N-methyl/N-ethyl adjacent to an activating group) is 1. The zero-order valence-electron chi connectivity index (χ0n) is 19.7. The molecule has 0 radical (unpaired) electrons. The van der Waals surface area contributed by atoms with Crippen LogP contribution in [0.2, 0.25) is 0 Å². The Balaban J connectivity index is 1.62. The SMILES string of the molecule is CN1CCN(C(=O)[C@@H](NC(=O)n2nc(-c3ccc(F)cc3)c3c2CCOC3)C(C)(C)C)CC1. The van der Waals surface area contributed by atoms with Crippen LogP contribution < -0.4 is 5.32 Å². The number of amides is 2. The molecule has 2 aromatic rings. The van der Waals surface area contributed by atoms with E-state index in [1.807, 2.05) is 32.7 Å². The van der Waals surface area contributed by atoms with E-state index in [9.17, 15) is 14.0 Å². The van der Waals surface area contributed by atoms with Gasteiger partial charge in [0.05, 0.1) is 24.6 Å². The number of ether oxygens (including phenoxy) is 1. The van der Waals surface area contributed by atoms with Gasteiger partial charge < -0.3 is 19.9 Å². The van der Waals surface area contributed by atoms with E-state index in [0.717, 1.165) is 24.3 Å². The number of nitrogens with zero attached hydrogens (tertiary/aromatic N) is 4. The lowest BCUT2D eigenvalue weighted by Crippen LogP contribution is -2.58. The number of fused-ring (bicyclic) bond motifs is 1. The van der Waals surface area contributed by atoms with Gasteiger partial charge in [0, 0.05) is 43.7 Å². The smallest absolute Gasteiger partial charge is 0.343 e. The molecule has 9 heteroatoms. The number of halogens is 1. The second-order valence-corrected chi connectivity index (χ2v) is 9.87. The summed E-state index contributed by atoms with van der Waals surface area (Å²) in [5.74, 6) is -0.413. The van der Waals surface area contributed by atoms with Crippen molar-refractivity contribution in [3.8, 4) is 11.3 Å². The van der Waals surface area contributed by atoms with Gasteiger partial charge in [0.15, 0.2) is 0 Å². The molecule has 8 nitrogen and oxygen atoms in total. The highest BCUT2D eigenvalue weighted by Crippen LogP contribution is 2.30. The molecule has 4 rings (SSSR count). The van der Waals surface area contributed by atoms with Gasteiger partial charge in [0.2, 0.25) is 5.91 Å². The fraction of sp³-hybridized carbons (Fsp3) is 0.542. The highest BCUT2D eigenvalue weighted by molar-refractivity contribution is 5.89. The minimum atomic E-state index is -0.692. The van der Waals surface area contributed by atoms with Crippen molar-refractivity contribution in [2.45, 2.75) is 39.8 Å². The average Bonchev–Trinajstić information content (AvgIpc) is 3.17. The van der Waals surface area contributed by atoms with Gasteiger partial charge in [-0.05, 0) is 36.7 Å². The second kappa shape index (κ2) is 9.23. The zero-order valence-corrected chi connectivity index (χ0v) is 19.7. The van der Waals surface area contributed by atoms with Crippen LogP contribution >= 0.6 is 0 Å². The largest absolute Gasteiger partial charge is 0.376 e. The molecular formula is C24H32FN5O3. The van der Waals surface area contributed by atoms with Crippen LogP contribution in [0.3, 0.4) is 0 Å². The summed E-state index contributed by atoms with van der Waals surface area (Å²) in [7, 11) is 2.04. The quantitative estimate of drug-likeness (QED) is 0.766. The maximum absolute atomic E-state index is 13.4. The summed E-state index contributed by atoms with van der Waals surface area (Å²) in [6, 6.07) is 4.89. The summed E-state index contributed by atoms with van der Waals surface area (Å²) in [5, 5.41) is 7.54. The minimum absolute atomic E-state index is 0.0768. The predicted octanol–water partition coefficient (Wildman–Crippen LogP) is 2.51. The van der Waals surface area contributed by atoms with Gasteiger partial charge in [-0.2, -0.15) is 9.78 Å². The highest BCUT2D eigenvalue weighted by Gasteiger charge is 2.37. The van der Waals surface area contributed by atoms with E-state index in [2.05, 4.69) is 15.3 Å². The lowest BCUT2D eigenvalue weighted by atomic mass is 9.85. The number of carbonyl (C=O) groups excluding carboxylic acids is 2. The first-order chi connectivity index (χ1) is 15.6. The van der Waals surface area contributed by atoms with E-state index in [4.69, 9.17) is 4.74 Å². The molecule has 0 bridgehead atoms. The van der Waals surface area contributed by atoms with E-state index in [1.165, 1.54) is 16.8 Å². The standard InChI is InChI=1S/C24H32FN5O3/c1-24(2,3)21(22(31)29-12-10-28(4)11-13-29)26-23(32)30-19-9-14-33-15-18(19)20(27-30)16-5-7-17(25)8-6-16/h5-8,21H,9-15H2,1-4H3,(H,26,32)/t21-/m1/s1. The topological polar surface area (TPSA) is 79.7 Å². The molecule has 1 N–H and O–H groups in total. The van der Waals surface area contributed by atoms with Crippen molar-refractivity contribution in [3.05, 3.63) is 41.3 Å². The molecule has 0 spiro atoms. The molecule has 1 atom stereocenters. The molecule has 3 heterocycles. The summed E-state index contributed by atoms with van der Waals surface area (Å²) in [6.45, 7) is 9.55. The number of nitrogens with one attached hydrogen (secondary N) is 1. The van der Waals surface area contributed by atoms with Gasteiger partial charge in [0.25, 0.3) is 0 Å². The van der Waals surface area contributed by atoms with E-state index in [0.29, 0.717) is 44.0 Å². The first kappa shape index (κ1) is 23.4. The fourth-order valence-electron chi connectivity index (χ4n) is 4.29. The Morgan fingerprint density at radius 1 is 1.12 bits per heavy atom. The van der Waals surface area contributed by atoms with Crippen molar-refractivity contribution in [3.63, 3.8) is 0 Å². The zero-order chi connectivity index (χ0) is 23.8. The van der Waals surface area contributed by atoms with Gasteiger partial charge in [0.1, 0.15) is 11.9 Å². The Kier molecular flexibility index (Phi) is 6.54. The van der Waals surface area contributed by atoms with Crippen LogP contribution in [-0.2, 0) is 22.6 Å². The summed E-state index contributed by atoms with van der Waals surface area (Å²) in [5.41, 5.74) is 2.41. The van der Waals surface area contributed by atoms with Crippen LogP contribution in [0.25, 0.3) is 11.3 Å². The third kappa shape index (κ3) is 4.94. The van der Waals surface area contributed by atoms with Crippen molar-refractivity contribution < 1.29 is 18.7 Å². The molecule has 1 aromatic carbocycles. The Bertz CT molecular complexity index is 1020. The third-order valence-corrected chi connectivity index (χ3v) is 6.33. The highest BCUT2D eigenvalue weighted by atomic mass is 19.1. The van der Waals surface area contributed by atoms with Crippen LogP contribution in [0.1, 0.15) is 32.0 Å². The maximum atomic E-state index is 13.4. The lowest BCUT2D eigenvalue weighted by molar-refractivity contribution is -0.137. The van der Waals surface area contributed by atoms with Gasteiger partial charge in [-0.15, -0.1) is 0 Å². The summed E-state index contributed by atoms with van der Waals surface area (Å²) in [4.78, 5) is 30.8. The molecule has 2 aliphatic rings.